The van der Waals surface area contributed by atoms with Gasteiger partial charge in [-0.3, -0.25) is 14.9 Å². The molecule has 1 rings (SSSR count). The highest BCUT2D eigenvalue weighted by molar-refractivity contribution is 5.95. The lowest BCUT2D eigenvalue weighted by Gasteiger charge is -2.10. The van der Waals surface area contributed by atoms with Crippen molar-refractivity contribution >= 4 is 11.6 Å². The maximum Gasteiger partial charge on any atom is 0.310 e. The van der Waals surface area contributed by atoms with Crippen LogP contribution in [0.25, 0.3) is 0 Å². The number of methoxy groups -OCH3 is 2. The van der Waals surface area contributed by atoms with Gasteiger partial charge in [-0.05, 0) is 12.5 Å². The molecule has 1 unspecified atom stereocenters. The summed E-state index contributed by atoms with van der Waals surface area (Å²) in [5, 5.41) is 22.8. The van der Waals surface area contributed by atoms with Crippen molar-refractivity contribution in [2.24, 2.45) is 0 Å². The average molecular weight is 298 g/mol. The highest BCUT2D eigenvalue weighted by atomic mass is 16.6. The summed E-state index contributed by atoms with van der Waals surface area (Å²) in [5.74, 6) is -0.375. The number of nitrogens with zero attached hydrogens (tertiary/aromatic N) is 1. The summed E-state index contributed by atoms with van der Waals surface area (Å²) in [6.45, 7) is 0.462. The van der Waals surface area contributed by atoms with Crippen LogP contribution in [-0.4, -0.2) is 49.4 Å². The molecule has 8 heteroatoms. The lowest BCUT2D eigenvalue weighted by Crippen LogP contribution is -2.28. The molecule has 8 nitrogen and oxygen atoms in total. The Hall–Kier alpha value is -2.19. The van der Waals surface area contributed by atoms with Gasteiger partial charge in [0.15, 0.2) is 5.75 Å². The molecule has 0 aliphatic heterocycles. The Kier molecular flexibility index (Phi) is 6.57. The fourth-order valence-corrected chi connectivity index (χ4v) is 1.70. The first-order valence-electron chi connectivity index (χ1n) is 6.27. The smallest absolute Gasteiger partial charge is 0.310 e. The van der Waals surface area contributed by atoms with Crippen LogP contribution >= 0.6 is 0 Å². The summed E-state index contributed by atoms with van der Waals surface area (Å²) in [5.41, 5.74) is 0.0447. The zero-order valence-electron chi connectivity index (χ0n) is 11.9. The van der Waals surface area contributed by atoms with Gasteiger partial charge in [-0.2, -0.15) is 0 Å². The molecule has 21 heavy (non-hydrogen) atoms. The third-order valence-electron chi connectivity index (χ3n) is 2.76. The predicted octanol–water partition coefficient (Wildman–Crippen LogP) is 0.731. The molecule has 0 saturated heterocycles. The van der Waals surface area contributed by atoms with E-state index in [9.17, 15) is 20.0 Å². The molecule has 1 amide bonds. The fourth-order valence-electron chi connectivity index (χ4n) is 1.70. The Labute approximate surface area is 121 Å². The summed E-state index contributed by atoms with van der Waals surface area (Å²) < 4.78 is 9.66. The fraction of sp³-hybridized carbons (Fsp3) is 0.462. The number of benzene rings is 1. The minimum Gasteiger partial charge on any atom is -0.490 e. The lowest BCUT2D eigenvalue weighted by atomic mass is 10.1. The van der Waals surface area contributed by atoms with E-state index in [0.717, 1.165) is 0 Å². The molecule has 116 valence electrons. The van der Waals surface area contributed by atoms with Crippen LogP contribution in [0.3, 0.4) is 0 Å². The first kappa shape index (κ1) is 16.9. The second-order valence-electron chi connectivity index (χ2n) is 4.30. The molecule has 0 saturated carbocycles. The maximum atomic E-state index is 11.9. The van der Waals surface area contributed by atoms with E-state index in [1.165, 1.54) is 32.4 Å². The summed E-state index contributed by atoms with van der Waals surface area (Å²) in [7, 11) is 2.77. The van der Waals surface area contributed by atoms with E-state index in [-0.39, 0.29) is 30.2 Å². The third-order valence-corrected chi connectivity index (χ3v) is 2.76. The van der Waals surface area contributed by atoms with Gasteiger partial charge < -0.3 is 19.9 Å². The Morgan fingerprint density at radius 3 is 2.76 bits per heavy atom. The van der Waals surface area contributed by atoms with E-state index in [4.69, 9.17) is 9.47 Å². The number of rotatable bonds is 8. The Morgan fingerprint density at radius 1 is 1.48 bits per heavy atom. The SMILES string of the molecule is COCC(O)CCNC(=O)c1ccc([N+](=O)[O-])c(OC)c1. The van der Waals surface area contributed by atoms with E-state index in [1.54, 1.807) is 0 Å². The van der Waals surface area contributed by atoms with Crippen LogP contribution in [-0.2, 0) is 4.74 Å². The number of hydrogen-bond acceptors (Lipinski definition) is 6. The van der Waals surface area contributed by atoms with Gasteiger partial charge in [0, 0.05) is 31.4 Å². The minimum atomic E-state index is -0.651. The van der Waals surface area contributed by atoms with Gasteiger partial charge in [-0.1, -0.05) is 0 Å². The number of ether oxygens (including phenoxy) is 2. The first-order valence-corrected chi connectivity index (χ1v) is 6.27. The van der Waals surface area contributed by atoms with Crippen molar-refractivity contribution in [3.63, 3.8) is 0 Å². The summed E-state index contributed by atoms with van der Waals surface area (Å²) in [4.78, 5) is 22.1. The second kappa shape index (κ2) is 8.18. The van der Waals surface area contributed by atoms with Gasteiger partial charge >= 0.3 is 5.69 Å². The van der Waals surface area contributed by atoms with Crippen molar-refractivity contribution in [3.8, 4) is 5.75 Å². The molecule has 1 aromatic rings. The zero-order valence-corrected chi connectivity index (χ0v) is 11.9. The molecule has 0 aromatic heterocycles. The van der Waals surface area contributed by atoms with E-state index in [0.29, 0.717) is 6.42 Å². The van der Waals surface area contributed by atoms with Crippen LogP contribution in [0.2, 0.25) is 0 Å². The van der Waals surface area contributed by atoms with Gasteiger partial charge in [-0.25, -0.2) is 0 Å². The Balaban J connectivity index is 2.64. The maximum absolute atomic E-state index is 11.9. The van der Waals surface area contributed by atoms with Crippen molar-refractivity contribution in [1.82, 2.24) is 5.32 Å². The summed E-state index contributed by atoms with van der Waals surface area (Å²) in [6.07, 6.45) is -0.300. The molecule has 0 radical (unpaired) electrons. The number of amides is 1. The lowest BCUT2D eigenvalue weighted by molar-refractivity contribution is -0.385. The molecule has 1 atom stereocenters. The van der Waals surface area contributed by atoms with E-state index in [2.05, 4.69) is 5.32 Å². The van der Waals surface area contributed by atoms with Crippen molar-refractivity contribution in [1.29, 1.82) is 0 Å². The number of carbonyl (C=O) groups is 1. The molecule has 0 heterocycles. The number of aliphatic hydroxyl groups excluding tert-OH is 1. The standard InChI is InChI=1S/C13H18N2O6/c1-20-8-10(16)5-6-14-13(17)9-3-4-11(15(18)19)12(7-9)21-2/h3-4,7,10,16H,5-6,8H2,1-2H3,(H,14,17). The van der Waals surface area contributed by atoms with Crippen LogP contribution in [0.15, 0.2) is 18.2 Å². The van der Waals surface area contributed by atoms with E-state index >= 15 is 0 Å². The Bertz CT molecular complexity index is 505. The topological polar surface area (TPSA) is 111 Å². The van der Waals surface area contributed by atoms with Crippen LogP contribution < -0.4 is 10.1 Å². The second-order valence-corrected chi connectivity index (χ2v) is 4.30. The summed E-state index contributed by atoms with van der Waals surface area (Å²) in [6, 6.07) is 3.87. The van der Waals surface area contributed by atoms with Crippen molar-refractivity contribution in [2.75, 3.05) is 27.4 Å². The van der Waals surface area contributed by atoms with Crippen LogP contribution in [0.4, 0.5) is 5.69 Å². The number of carbonyl (C=O) groups excluding carboxylic acids is 1. The normalized spacial score (nSPS) is 11.8. The average Bonchev–Trinajstić information content (AvgIpc) is 2.46. The van der Waals surface area contributed by atoms with Gasteiger partial charge in [-0.15, -0.1) is 0 Å². The number of nitro benzene ring substituents is 1. The number of aliphatic hydroxyl groups is 1. The number of hydrogen-bond donors (Lipinski definition) is 2. The molecule has 2 N–H and O–H groups in total. The molecule has 0 bridgehead atoms. The van der Waals surface area contributed by atoms with Gasteiger partial charge in [0.1, 0.15) is 0 Å². The van der Waals surface area contributed by atoms with Gasteiger partial charge in [0.05, 0.1) is 24.7 Å². The third kappa shape index (κ3) is 5.01. The molecule has 1 aromatic carbocycles. The largest absolute Gasteiger partial charge is 0.490 e. The molecule has 0 fully saturated rings. The van der Waals surface area contributed by atoms with E-state index < -0.39 is 16.9 Å². The Morgan fingerprint density at radius 2 is 2.19 bits per heavy atom. The molecule has 0 aliphatic carbocycles. The van der Waals surface area contributed by atoms with Gasteiger partial charge in [0.25, 0.3) is 5.91 Å². The minimum absolute atomic E-state index is 0.0204. The summed E-state index contributed by atoms with van der Waals surface area (Å²) >= 11 is 0. The predicted molar refractivity (Wildman–Crippen MR) is 74.5 cm³/mol. The van der Waals surface area contributed by atoms with E-state index in [1.807, 2.05) is 0 Å². The first-order chi connectivity index (χ1) is 9.99. The van der Waals surface area contributed by atoms with Crippen LogP contribution in [0, 0.1) is 10.1 Å². The molecular weight excluding hydrogens is 280 g/mol. The molecule has 0 spiro atoms. The number of nitrogens with one attached hydrogen (secondary N) is 1. The van der Waals surface area contributed by atoms with Crippen LogP contribution in [0.5, 0.6) is 5.75 Å². The monoisotopic (exact) mass is 298 g/mol. The highest BCUT2D eigenvalue weighted by Crippen LogP contribution is 2.27. The van der Waals surface area contributed by atoms with Crippen molar-refractivity contribution in [2.45, 2.75) is 12.5 Å². The molecular formula is C13H18N2O6. The quantitative estimate of drug-likeness (QED) is 0.540. The van der Waals surface area contributed by atoms with Gasteiger partial charge in [0.2, 0.25) is 0 Å². The number of nitro groups is 1. The van der Waals surface area contributed by atoms with Crippen molar-refractivity contribution in [3.05, 3.63) is 33.9 Å². The highest BCUT2D eigenvalue weighted by Gasteiger charge is 2.17. The molecule has 0 aliphatic rings. The van der Waals surface area contributed by atoms with Crippen molar-refractivity contribution < 1.29 is 24.3 Å². The zero-order chi connectivity index (χ0) is 15.8. The van der Waals surface area contributed by atoms with Crippen LogP contribution in [0.1, 0.15) is 16.8 Å².